The van der Waals surface area contributed by atoms with Crippen LogP contribution in [-0.2, 0) is 9.59 Å². The molecule has 7 nitrogen and oxygen atoms in total. The molecule has 1 fully saturated rings. The van der Waals surface area contributed by atoms with Crippen LogP contribution in [0.4, 0.5) is 16.1 Å². The summed E-state index contributed by atoms with van der Waals surface area (Å²) in [4.78, 5) is 25.3. The Morgan fingerprint density at radius 3 is 2.83 bits per heavy atom. The van der Waals surface area contributed by atoms with Crippen LogP contribution in [0.5, 0.6) is 0 Å². The van der Waals surface area contributed by atoms with Gasteiger partial charge in [0.2, 0.25) is 17.7 Å². The number of nitrogens with zero attached hydrogens (tertiary/aromatic N) is 3. The first kappa shape index (κ1) is 16.1. The highest BCUT2D eigenvalue weighted by Crippen LogP contribution is 2.31. The van der Waals surface area contributed by atoms with Gasteiger partial charge in [0.15, 0.2) is 0 Å². The van der Waals surface area contributed by atoms with Crippen molar-refractivity contribution in [1.82, 2.24) is 10.2 Å². The third-order valence-corrected chi connectivity index (χ3v) is 3.78. The van der Waals surface area contributed by atoms with Gasteiger partial charge < -0.3 is 9.32 Å². The fourth-order valence-electron chi connectivity index (χ4n) is 2.60. The summed E-state index contributed by atoms with van der Waals surface area (Å²) in [5, 5.41) is 10.2. The standard InChI is InChI=1S/C16H17FN4O3/c1-2-3-13(22)18-16-20-19-15(24-16)10-8-14(23)21(9-10)12-6-4-11(17)5-7-12/h4-7,10H,2-3,8-9H2,1H3,(H,18,20,22)/t10-/m1/s1. The minimum Gasteiger partial charge on any atom is -0.407 e. The molecule has 126 valence electrons. The molecule has 0 bridgehead atoms. The molecule has 0 unspecified atom stereocenters. The number of anilines is 2. The normalized spacial score (nSPS) is 17.3. The zero-order valence-corrected chi connectivity index (χ0v) is 13.2. The minimum absolute atomic E-state index is 0.0381. The van der Waals surface area contributed by atoms with Gasteiger partial charge in [-0.1, -0.05) is 12.0 Å². The van der Waals surface area contributed by atoms with Gasteiger partial charge in [-0.2, -0.15) is 0 Å². The number of aromatic nitrogens is 2. The van der Waals surface area contributed by atoms with Gasteiger partial charge in [0.25, 0.3) is 0 Å². The number of amides is 2. The van der Waals surface area contributed by atoms with Crippen molar-refractivity contribution in [3.63, 3.8) is 0 Å². The van der Waals surface area contributed by atoms with Crippen LogP contribution in [0.15, 0.2) is 28.7 Å². The molecule has 2 aromatic rings. The average Bonchev–Trinajstić information content (AvgIpc) is 3.15. The maximum absolute atomic E-state index is 13.0. The number of carbonyl (C=O) groups is 2. The number of hydrogen-bond acceptors (Lipinski definition) is 5. The molecule has 2 heterocycles. The van der Waals surface area contributed by atoms with Crippen molar-refractivity contribution in [2.45, 2.75) is 32.1 Å². The van der Waals surface area contributed by atoms with Crippen molar-refractivity contribution in [3.8, 4) is 0 Å². The average molecular weight is 332 g/mol. The molecule has 1 aliphatic rings. The van der Waals surface area contributed by atoms with Crippen molar-refractivity contribution in [1.29, 1.82) is 0 Å². The smallest absolute Gasteiger partial charge is 0.322 e. The van der Waals surface area contributed by atoms with Crippen LogP contribution in [0.3, 0.4) is 0 Å². The summed E-state index contributed by atoms with van der Waals surface area (Å²) in [6.45, 7) is 2.27. The Hall–Kier alpha value is -2.77. The molecule has 0 aliphatic carbocycles. The van der Waals surface area contributed by atoms with Crippen LogP contribution in [0.1, 0.15) is 38.0 Å². The van der Waals surface area contributed by atoms with E-state index in [0.717, 1.165) is 6.42 Å². The van der Waals surface area contributed by atoms with Gasteiger partial charge in [-0.25, -0.2) is 4.39 Å². The second-order valence-corrected chi connectivity index (χ2v) is 5.63. The van der Waals surface area contributed by atoms with Crippen LogP contribution >= 0.6 is 0 Å². The van der Waals surface area contributed by atoms with E-state index in [1.807, 2.05) is 6.92 Å². The first-order valence-corrected chi connectivity index (χ1v) is 7.76. The number of hydrogen-bond donors (Lipinski definition) is 1. The summed E-state index contributed by atoms with van der Waals surface area (Å²) in [6.07, 6.45) is 1.32. The summed E-state index contributed by atoms with van der Waals surface area (Å²) in [6, 6.07) is 5.77. The Labute approximate surface area is 137 Å². The topological polar surface area (TPSA) is 88.3 Å². The monoisotopic (exact) mass is 332 g/mol. The molecule has 0 radical (unpaired) electrons. The molecule has 0 spiro atoms. The van der Waals surface area contributed by atoms with Gasteiger partial charge in [-0.05, 0) is 30.7 Å². The van der Waals surface area contributed by atoms with E-state index in [9.17, 15) is 14.0 Å². The zero-order valence-electron chi connectivity index (χ0n) is 13.2. The summed E-state index contributed by atoms with van der Waals surface area (Å²) < 4.78 is 18.4. The predicted octanol–water partition coefficient (Wildman–Crippen LogP) is 2.47. The van der Waals surface area contributed by atoms with Crippen molar-refractivity contribution >= 4 is 23.5 Å². The SMILES string of the molecule is CCCC(=O)Nc1nnc([C@@H]2CC(=O)N(c3ccc(F)cc3)C2)o1. The summed E-state index contributed by atoms with van der Waals surface area (Å²) in [7, 11) is 0. The molecule has 8 heteroatoms. The molecular formula is C16H17FN4O3. The Kier molecular flexibility index (Phi) is 4.54. The Balaban J connectivity index is 1.68. The second-order valence-electron chi connectivity index (χ2n) is 5.63. The van der Waals surface area contributed by atoms with E-state index >= 15 is 0 Å². The van der Waals surface area contributed by atoms with E-state index in [1.54, 1.807) is 17.0 Å². The first-order chi connectivity index (χ1) is 11.6. The van der Waals surface area contributed by atoms with Crippen molar-refractivity contribution in [3.05, 3.63) is 36.0 Å². The lowest BCUT2D eigenvalue weighted by Crippen LogP contribution is -2.24. The molecule has 1 atom stereocenters. The lowest BCUT2D eigenvalue weighted by Gasteiger charge is -2.15. The molecule has 1 aromatic heterocycles. The lowest BCUT2D eigenvalue weighted by atomic mass is 10.1. The minimum atomic E-state index is -0.355. The van der Waals surface area contributed by atoms with Crippen LogP contribution in [-0.4, -0.2) is 28.6 Å². The molecule has 3 rings (SSSR count). The lowest BCUT2D eigenvalue weighted by molar-refractivity contribution is -0.117. The van der Waals surface area contributed by atoms with Gasteiger partial charge in [-0.15, -0.1) is 5.10 Å². The van der Waals surface area contributed by atoms with Crippen LogP contribution < -0.4 is 10.2 Å². The summed E-state index contributed by atoms with van der Waals surface area (Å²) in [5.74, 6) is -0.595. The van der Waals surface area contributed by atoms with Gasteiger partial charge in [0.05, 0.1) is 5.92 Å². The zero-order chi connectivity index (χ0) is 17.1. The van der Waals surface area contributed by atoms with Crippen LogP contribution in [0.2, 0.25) is 0 Å². The van der Waals surface area contributed by atoms with Crippen molar-refractivity contribution < 1.29 is 18.4 Å². The third kappa shape index (κ3) is 3.42. The van der Waals surface area contributed by atoms with E-state index in [1.165, 1.54) is 12.1 Å². The van der Waals surface area contributed by atoms with Gasteiger partial charge in [-0.3, -0.25) is 14.9 Å². The van der Waals surface area contributed by atoms with Crippen molar-refractivity contribution in [2.75, 3.05) is 16.8 Å². The molecule has 24 heavy (non-hydrogen) atoms. The number of halogens is 1. The van der Waals surface area contributed by atoms with Gasteiger partial charge >= 0.3 is 6.01 Å². The highest BCUT2D eigenvalue weighted by Gasteiger charge is 2.35. The maximum atomic E-state index is 13.0. The van der Waals surface area contributed by atoms with Gasteiger partial charge in [0, 0.05) is 25.1 Å². The highest BCUT2D eigenvalue weighted by atomic mass is 19.1. The first-order valence-electron chi connectivity index (χ1n) is 7.76. The summed E-state index contributed by atoms with van der Waals surface area (Å²) in [5.41, 5.74) is 0.625. The molecule has 1 saturated heterocycles. The van der Waals surface area contributed by atoms with Crippen LogP contribution in [0.25, 0.3) is 0 Å². The van der Waals surface area contributed by atoms with E-state index in [-0.39, 0.29) is 36.0 Å². The number of carbonyl (C=O) groups excluding carboxylic acids is 2. The molecule has 1 aliphatic heterocycles. The fourth-order valence-corrected chi connectivity index (χ4v) is 2.60. The molecular weight excluding hydrogens is 315 g/mol. The Bertz CT molecular complexity index is 744. The van der Waals surface area contributed by atoms with Crippen molar-refractivity contribution in [2.24, 2.45) is 0 Å². The largest absolute Gasteiger partial charge is 0.407 e. The molecule has 0 saturated carbocycles. The Morgan fingerprint density at radius 1 is 1.38 bits per heavy atom. The fraction of sp³-hybridized carbons (Fsp3) is 0.375. The van der Waals surface area contributed by atoms with E-state index in [0.29, 0.717) is 24.5 Å². The van der Waals surface area contributed by atoms with Crippen LogP contribution in [0, 0.1) is 5.82 Å². The number of rotatable bonds is 5. The number of benzene rings is 1. The summed E-state index contributed by atoms with van der Waals surface area (Å²) >= 11 is 0. The van der Waals surface area contributed by atoms with E-state index in [2.05, 4.69) is 15.5 Å². The van der Waals surface area contributed by atoms with E-state index < -0.39 is 0 Å². The van der Waals surface area contributed by atoms with Gasteiger partial charge in [0.1, 0.15) is 5.82 Å². The molecule has 1 aromatic carbocycles. The second kappa shape index (κ2) is 6.77. The van der Waals surface area contributed by atoms with E-state index in [4.69, 9.17) is 4.42 Å². The number of nitrogens with one attached hydrogen (secondary N) is 1. The predicted molar refractivity (Wildman–Crippen MR) is 83.9 cm³/mol. The highest BCUT2D eigenvalue weighted by molar-refractivity contribution is 5.96. The Morgan fingerprint density at radius 2 is 2.12 bits per heavy atom. The quantitative estimate of drug-likeness (QED) is 0.908. The third-order valence-electron chi connectivity index (χ3n) is 3.78. The maximum Gasteiger partial charge on any atom is 0.322 e. The molecule has 2 amide bonds. The molecule has 1 N–H and O–H groups in total.